The number of hydrogen-bond acceptors (Lipinski definition) is 1. The number of nitrogens with one attached hydrogen (secondary N) is 1. The van der Waals surface area contributed by atoms with Gasteiger partial charge < -0.3 is 5.32 Å². The fourth-order valence-corrected chi connectivity index (χ4v) is 4.48. The molecule has 3 fully saturated rings. The van der Waals surface area contributed by atoms with Crippen molar-refractivity contribution < 1.29 is 0 Å². The minimum atomic E-state index is 0.706. The third kappa shape index (κ3) is 1.92. The maximum absolute atomic E-state index is 3.81. The van der Waals surface area contributed by atoms with E-state index in [0.29, 0.717) is 5.41 Å². The number of rotatable bonds is 5. The third-order valence-corrected chi connectivity index (χ3v) is 5.96. The second-order valence-corrected chi connectivity index (χ2v) is 6.77. The summed E-state index contributed by atoms with van der Waals surface area (Å²) in [5.41, 5.74) is 0.706. The van der Waals surface area contributed by atoms with Crippen molar-refractivity contribution in [2.75, 3.05) is 13.1 Å². The Bertz CT molecular complexity index is 238. The molecule has 3 aliphatic carbocycles. The molecule has 92 valence electrons. The van der Waals surface area contributed by atoms with Gasteiger partial charge in [-0.3, -0.25) is 0 Å². The van der Waals surface area contributed by atoms with Crippen molar-refractivity contribution in [2.24, 2.45) is 23.2 Å². The molecule has 0 heterocycles. The minimum Gasteiger partial charge on any atom is -0.316 e. The smallest absolute Gasteiger partial charge is 0.000782 e. The Labute approximate surface area is 100 Å². The van der Waals surface area contributed by atoms with E-state index in [2.05, 4.69) is 12.2 Å². The van der Waals surface area contributed by atoms with Crippen LogP contribution in [-0.4, -0.2) is 13.1 Å². The average Bonchev–Trinajstić information content (AvgIpc) is 2.83. The van der Waals surface area contributed by atoms with Gasteiger partial charge in [-0.1, -0.05) is 19.8 Å². The fraction of sp³-hybridized carbons (Fsp3) is 1.00. The average molecular weight is 221 g/mol. The second-order valence-electron chi connectivity index (χ2n) is 6.77. The summed E-state index contributed by atoms with van der Waals surface area (Å²) < 4.78 is 0. The monoisotopic (exact) mass is 221 g/mol. The van der Waals surface area contributed by atoms with E-state index in [1.165, 1.54) is 51.6 Å². The highest BCUT2D eigenvalue weighted by Crippen LogP contribution is 2.48. The maximum atomic E-state index is 3.81. The van der Waals surface area contributed by atoms with Crippen molar-refractivity contribution in [1.82, 2.24) is 5.32 Å². The molecule has 0 aromatic rings. The van der Waals surface area contributed by atoms with Crippen LogP contribution in [0.25, 0.3) is 0 Å². The standard InChI is InChI=1S/C15H27N/c1-2-15(6-3-7-15)11-16-10-14-9-12-4-5-13(14)8-12/h12-14,16H,2-11H2,1H3. The molecule has 0 spiro atoms. The first-order valence-electron chi connectivity index (χ1n) is 7.52. The molecule has 3 rings (SSSR count). The predicted molar refractivity (Wildman–Crippen MR) is 68.4 cm³/mol. The summed E-state index contributed by atoms with van der Waals surface area (Å²) in [7, 11) is 0. The van der Waals surface area contributed by atoms with E-state index < -0.39 is 0 Å². The minimum absolute atomic E-state index is 0.706. The van der Waals surface area contributed by atoms with Gasteiger partial charge in [-0.2, -0.15) is 0 Å². The highest BCUT2D eigenvalue weighted by atomic mass is 14.9. The van der Waals surface area contributed by atoms with Gasteiger partial charge in [-0.05, 0) is 68.2 Å². The van der Waals surface area contributed by atoms with Crippen LogP contribution in [0.4, 0.5) is 0 Å². The van der Waals surface area contributed by atoms with Crippen molar-refractivity contribution in [3.8, 4) is 0 Å². The van der Waals surface area contributed by atoms with Crippen LogP contribution in [0.15, 0.2) is 0 Å². The van der Waals surface area contributed by atoms with Gasteiger partial charge in [0.2, 0.25) is 0 Å². The quantitative estimate of drug-likeness (QED) is 0.748. The van der Waals surface area contributed by atoms with E-state index in [4.69, 9.17) is 0 Å². The zero-order valence-electron chi connectivity index (χ0n) is 10.8. The van der Waals surface area contributed by atoms with Crippen LogP contribution < -0.4 is 5.32 Å². The molecule has 16 heavy (non-hydrogen) atoms. The van der Waals surface area contributed by atoms with Gasteiger partial charge in [0, 0.05) is 6.54 Å². The van der Waals surface area contributed by atoms with Crippen molar-refractivity contribution in [3.63, 3.8) is 0 Å². The Morgan fingerprint density at radius 2 is 2.06 bits per heavy atom. The lowest BCUT2D eigenvalue weighted by Crippen LogP contribution is -2.41. The van der Waals surface area contributed by atoms with Crippen LogP contribution >= 0.6 is 0 Å². The molecule has 3 aliphatic rings. The Morgan fingerprint density at radius 3 is 2.56 bits per heavy atom. The van der Waals surface area contributed by atoms with Crippen LogP contribution in [0, 0.1) is 23.2 Å². The number of hydrogen-bond donors (Lipinski definition) is 1. The Morgan fingerprint density at radius 1 is 1.19 bits per heavy atom. The topological polar surface area (TPSA) is 12.0 Å². The summed E-state index contributed by atoms with van der Waals surface area (Å²) in [6.45, 7) is 5.00. The van der Waals surface area contributed by atoms with Crippen LogP contribution in [0.1, 0.15) is 58.3 Å². The van der Waals surface area contributed by atoms with Crippen LogP contribution in [0.2, 0.25) is 0 Å². The molecule has 0 aromatic carbocycles. The van der Waals surface area contributed by atoms with Gasteiger partial charge in [0.15, 0.2) is 0 Å². The molecular formula is C15H27N. The Kier molecular flexibility index (Phi) is 2.99. The zero-order valence-corrected chi connectivity index (χ0v) is 10.8. The first-order chi connectivity index (χ1) is 7.81. The molecule has 0 radical (unpaired) electrons. The molecule has 0 aliphatic heterocycles. The highest BCUT2D eigenvalue weighted by Gasteiger charge is 2.40. The second kappa shape index (κ2) is 4.33. The summed E-state index contributed by atoms with van der Waals surface area (Å²) in [4.78, 5) is 0. The van der Waals surface area contributed by atoms with E-state index in [1.807, 2.05) is 0 Å². The Balaban J connectivity index is 1.40. The molecule has 1 nitrogen and oxygen atoms in total. The molecular weight excluding hydrogens is 194 g/mol. The molecule has 1 heteroatoms. The summed E-state index contributed by atoms with van der Waals surface area (Å²) >= 11 is 0. The summed E-state index contributed by atoms with van der Waals surface area (Å²) in [6.07, 6.45) is 12.0. The molecule has 1 N–H and O–H groups in total. The van der Waals surface area contributed by atoms with Crippen molar-refractivity contribution in [2.45, 2.75) is 58.3 Å². The molecule has 3 atom stereocenters. The lowest BCUT2D eigenvalue weighted by Gasteiger charge is -2.42. The molecule has 3 saturated carbocycles. The summed E-state index contributed by atoms with van der Waals surface area (Å²) in [5.74, 6) is 3.24. The SMILES string of the molecule is CCC1(CNCC2CC3CCC2C3)CCC1. The highest BCUT2D eigenvalue weighted by molar-refractivity contribution is 4.92. The van der Waals surface area contributed by atoms with Crippen molar-refractivity contribution in [3.05, 3.63) is 0 Å². The molecule has 3 unspecified atom stereocenters. The van der Waals surface area contributed by atoms with E-state index in [1.54, 1.807) is 12.8 Å². The van der Waals surface area contributed by atoms with Gasteiger partial charge in [-0.25, -0.2) is 0 Å². The first kappa shape index (κ1) is 11.1. The van der Waals surface area contributed by atoms with Crippen molar-refractivity contribution in [1.29, 1.82) is 0 Å². The van der Waals surface area contributed by atoms with E-state index in [9.17, 15) is 0 Å². The Hall–Kier alpha value is -0.0400. The van der Waals surface area contributed by atoms with E-state index in [-0.39, 0.29) is 0 Å². The van der Waals surface area contributed by atoms with E-state index >= 15 is 0 Å². The first-order valence-corrected chi connectivity index (χ1v) is 7.52. The summed E-state index contributed by atoms with van der Waals surface area (Å²) in [5, 5.41) is 3.81. The largest absolute Gasteiger partial charge is 0.316 e. The lowest BCUT2D eigenvalue weighted by atomic mass is 9.67. The fourth-order valence-electron chi connectivity index (χ4n) is 4.48. The van der Waals surface area contributed by atoms with Gasteiger partial charge in [0.05, 0.1) is 0 Å². The molecule has 2 bridgehead atoms. The van der Waals surface area contributed by atoms with Crippen LogP contribution in [0.5, 0.6) is 0 Å². The molecule has 0 aromatic heterocycles. The van der Waals surface area contributed by atoms with Crippen molar-refractivity contribution >= 4 is 0 Å². The third-order valence-electron chi connectivity index (χ3n) is 5.96. The van der Waals surface area contributed by atoms with Gasteiger partial charge in [0.25, 0.3) is 0 Å². The molecule has 0 saturated heterocycles. The van der Waals surface area contributed by atoms with Gasteiger partial charge in [0.1, 0.15) is 0 Å². The van der Waals surface area contributed by atoms with Gasteiger partial charge in [-0.15, -0.1) is 0 Å². The predicted octanol–water partition coefficient (Wildman–Crippen LogP) is 3.59. The van der Waals surface area contributed by atoms with E-state index in [0.717, 1.165) is 17.8 Å². The number of fused-ring (bicyclic) bond motifs is 2. The van der Waals surface area contributed by atoms with Crippen LogP contribution in [-0.2, 0) is 0 Å². The maximum Gasteiger partial charge on any atom is 0.000782 e. The van der Waals surface area contributed by atoms with Gasteiger partial charge >= 0.3 is 0 Å². The zero-order chi connectivity index (χ0) is 11.0. The normalized spacial score (nSPS) is 39.9. The molecule has 0 amide bonds. The lowest BCUT2D eigenvalue weighted by molar-refractivity contribution is 0.120. The van der Waals surface area contributed by atoms with Crippen LogP contribution in [0.3, 0.4) is 0 Å². The summed E-state index contributed by atoms with van der Waals surface area (Å²) in [6, 6.07) is 0.